The monoisotopic (exact) mass is 518 g/mol. The Labute approximate surface area is 210 Å². The standard InChI is InChI=1S/C28H45F3O3S/c1-18(2)7-6-8-19(3)23-11-12-24-22-10-9-20-17-21(34-35(32,33)28(29,30)31)13-15-26(20,4)25(22)14-16-27(23,24)5/h9,18-19,21-25H,6-8,10-17H2,1-5H3/t19-,21+,22+,23-,24+,25+,26+,27-/m1/s1. The van der Waals surface area contributed by atoms with Crippen LogP contribution in [0.4, 0.5) is 13.2 Å². The predicted octanol–water partition coefficient (Wildman–Crippen LogP) is 8.26. The Hall–Kier alpha value is -0.560. The van der Waals surface area contributed by atoms with Gasteiger partial charge in [0, 0.05) is 0 Å². The molecule has 4 rings (SSSR count). The van der Waals surface area contributed by atoms with Crippen LogP contribution < -0.4 is 0 Å². The lowest BCUT2D eigenvalue weighted by Crippen LogP contribution is -2.51. The van der Waals surface area contributed by atoms with Crippen molar-refractivity contribution in [3.63, 3.8) is 0 Å². The minimum Gasteiger partial charge on any atom is -0.259 e. The molecule has 3 fully saturated rings. The molecule has 0 saturated heterocycles. The number of alkyl halides is 3. The molecule has 0 spiro atoms. The van der Waals surface area contributed by atoms with Gasteiger partial charge in [-0.15, -0.1) is 0 Å². The van der Waals surface area contributed by atoms with Crippen molar-refractivity contribution in [3.8, 4) is 0 Å². The molecule has 4 aliphatic carbocycles. The van der Waals surface area contributed by atoms with E-state index in [0.29, 0.717) is 42.4 Å². The number of hydrogen-bond donors (Lipinski definition) is 0. The molecule has 0 radical (unpaired) electrons. The van der Waals surface area contributed by atoms with Crippen LogP contribution in [0.25, 0.3) is 0 Å². The maximum atomic E-state index is 12.8. The van der Waals surface area contributed by atoms with Gasteiger partial charge in [0.05, 0.1) is 6.10 Å². The summed E-state index contributed by atoms with van der Waals surface area (Å²) in [5.74, 6) is 4.20. The molecule has 0 amide bonds. The molecule has 202 valence electrons. The highest BCUT2D eigenvalue weighted by atomic mass is 32.2. The maximum Gasteiger partial charge on any atom is 0.523 e. The number of allylic oxidation sites excluding steroid dienone is 1. The van der Waals surface area contributed by atoms with E-state index in [1.54, 1.807) is 0 Å². The van der Waals surface area contributed by atoms with Crippen molar-refractivity contribution >= 4 is 10.1 Å². The molecule has 0 aromatic rings. The van der Waals surface area contributed by atoms with Crippen molar-refractivity contribution in [1.29, 1.82) is 0 Å². The van der Waals surface area contributed by atoms with E-state index in [1.165, 1.54) is 44.9 Å². The highest BCUT2D eigenvalue weighted by Gasteiger charge is 2.59. The topological polar surface area (TPSA) is 43.4 Å². The number of hydrogen-bond acceptors (Lipinski definition) is 3. The van der Waals surface area contributed by atoms with Crippen molar-refractivity contribution in [2.75, 3.05) is 0 Å². The van der Waals surface area contributed by atoms with Crippen LogP contribution in [0.1, 0.15) is 105 Å². The molecule has 0 aromatic carbocycles. The van der Waals surface area contributed by atoms with E-state index in [4.69, 9.17) is 0 Å². The third-order valence-corrected chi connectivity index (χ3v) is 11.9. The number of fused-ring (bicyclic) bond motifs is 5. The maximum absolute atomic E-state index is 12.8. The molecule has 0 bridgehead atoms. The Kier molecular flexibility index (Phi) is 7.56. The largest absolute Gasteiger partial charge is 0.523 e. The lowest BCUT2D eigenvalue weighted by Gasteiger charge is -2.58. The van der Waals surface area contributed by atoms with Gasteiger partial charge in [0.25, 0.3) is 0 Å². The Balaban J connectivity index is 1.46. The highest BCUT2D eigenvalue weighted by Crippen LogP contribution is 2.67. The second-order valence-electron chi connectivity index (χ2n) is 13.2. The molecule has 4 aliphatic rings. The third-order valence-electron chi connectivity index (χ3n) is 10.8. The van der Waals surface area contributed by atoms with E-state index in [-0.39, 0.29) is 5.41 Å². The van der Waals surface area contributed by atoms with E-state index in [2.05, 4.69) is 44.9 Å². The average molecular weight is 519 g/mol. The summed E-state index contributed by atoms with van der Waals surface area (Å²) < 4.78 is 66.3. The van der Waals surface area contributed by atoms with Gasteiger partial charge in [0.1, 0.15) is 0 Å². The van der Waals surface area contributed by atoms with Gasteiger partial charge in [-0.05, 0) is 97.7 Å². The van der Waals surface area contributed by atoms with Crippen molar-refractivity contribution in [2.45, 2.75) is 117 Å². The van der Waals surface area contributed by atoms with Crippen molar-refractivity contribution < 1.29 is 25.8 Å². The lowest BCUT2D eigenvalue weighted by molar-refractivity contribution is -0.0663. The zero-order chi connectivity index (χ0) is 25.8. The Morgan fingerprint density at radius 2 is 1.74 bits per heavy atom. The third kappa shape index (κ3) is 4.98. The predicted molar refractivity (Wildman–Crippen MR) is 133 cm³/mol. The summed E-state index contributed by atoms with van der Waals surface area (Å²) in [7, 11) is -5.55. The Morgan fingerprint density at radius 3 is 2.40 bits per heavy atom. The minimum atomic E-state index is -5.55. The van der Waals surface area contributed by atoms with Gasteiger partial charge in [-0.25, -0.2) is 0 Å². The molecule has 3 nitrogen and oxygen atoms in total. The van der Waals surface area contributed by atoms with Crippen LogP contribution in [-0.4, -0.2) is 20.0 Å². The van der Waals surface area contributed by atoms with Crippen LogP contribution in [0.3, 0.4) is 0 Å². The fraction of sp³-hybridized carbons (Fsp3) is 0.929. The van der Waals surface area contributed by atoms with Gasteiger partial charge in [-0.1, -0.05) is 65.5 Å². The number of halogens is 3. The molecule has 35 heavy (non-hydrogen) atoms. The second-order valence-corrected chi connectivity index (χ2v) is 14.7. The zero-order valence-electron chi connectivity index (χ0n) is 22.2. The second kappa shape index (κ2) is 9.63. The summed E-state index contributed by atoms with van der Waals surface area (Å²) in [4.78, 5) is 0. The smallest absolute Gasteiger partial charge is 0.259 e. The SMILES string of the molecule is CC(C)CCC[C@@H](C)[C@H]1CC[C@H]2[C@@H]3CC=C4C[C@@H](OS(=O)(=O)C(F)(F)F)CC[C@]4(C)[C@H]3CC[C@]12C. The average Bonchev–Trinajstić information content (AvgIpc) is 3.10. The van der Waals surface area contributed by atoms with Gasteiger partial charge in [-0.2, -0.15) is 21.6 Å². The fourth-order valence-corrected chi connectivity index (χ4v) is 9.60. The summed E-state index contributed by atoms with van der Waals surface area (Å²) in [6.07, 6.45) is 12.7. The Morgan fingerprint density at radius 1 is 1.03 bits per heavy atom. The van der Waals surface area contributed by atoms with Crippen LogP contribution in [0.15, 0.2) is 11.6 Å². The lowest BCUT2D eigenvalue weighted by atomic mass is 9.47. The van der Waals surface area contributed by atoms with Crippen LogP contribution in [0, 0.1) is 46.3 Å². The van der Waals surface area contributed by atoms with E-state index in [0.717, 1.165) is 29.7 Å². The molecule has 0 N–H and O–H groups in total. The van der Waals surface area contributed by atoms with E-state index in [9.17, 15) is 21.6 Å². The van der Waals surface area contributed by atoms with Crippen LogP contribution in [0.5, 0.6) is 0 Å². The summed E-state index contributed by atoms with van der Waals surface area (Å²) in [5.41, 5.74) is -3.89. The Bertz CT molecular complexity index is 911. The first kappa shape index (κ1) is 27.5. The van der Waals surface area contributed by atoms with E-state index in [1.807, 2.05) is 0 Å². The molecule has 8 atom stereocenters. The van der Waals surface area contributed by atoms with Gasteiger partial charge < -0.3 is 0 Å². The van der Waals surface area contributed by atoms with E-state index < -0.39 is 21.7 Å². The fourth-order valence-electron chi connectivity index (χ4n) is 8.97. The van der Waals surface area contributed by atoms with Crippen molar-refractivity contribution in [1.82, 2.24) is 0 Å². The van der Waals surface area contributed by atoms with Crippen LogP contribution in [-0.2, 0) is 14.3 Å². The molecule has 0 aromatic heterocycles. The first-order chi connectivity index (χ1) is 16.2. The molecular weight excluding hydrogens is 473 g/mol. The molecule has 0 aliphatic heterocycles. The van der Waals surface area contributed by atoms with Crippen molar-refractivity contribution in [3.05, 3.63) is 11.6 Å². The highest BCUT2D eigenvalue weighted by molar-refractivity contribution is 7.87. The molecule has 3 saturated carbocycles. The summed E-state index contributed by atoms with van der Waals surface area (Å²) in [5, 5.41) is 0. The summed E-state index contributed by atoms with van der Waals surface area (Å²) in [6, 6.07) is 0. The van der Waals surface area contributed by atoms with Gasteiger partial charge >= 0.3 is 15.6 Å². The van der Waals surface area contributed by atoms with Crippen molar-refractivity contribution in [2.24, 2.45) is 46.3 Å². The van der Waals surface area contributed by atoms with Gasteiger partial charge in [0.15, 0.2) is 0 Å². The first-order valence-electron chi connectivity index (χ1n) is 13.9. The molecule has 7 heteroatoms. The van der Waals surface area contributed by atoms with Crippen LogP contribution in [0.2, 0.25) is 0 Å². The zero-order valence-corrected chi connectivity index (χ0v) is 23.0. The molecule has 0 unspecified atom stereocenters. The summed E-state index contributed by atoms with van der Waals surface area (Å²) >= 11 is 0. The summed E-state index contributed by atoms with van der Waals surface area (Å²) in [6.45, 7) is 11.9. The minimum absolute atomic E-state index is 0.0485. The van der Waals surface area contributed by atoms with Gasteiger partial charge in [0.2, 0.25) is 0 Å². The number of rotatable bonds is 7. The normalized spacial score (nSPS) is 40.6. The quantitative estimate of drug-likeness (QED) is 0.194. The first-order valence-corrected chi connectivity index (χ1v) is 15.3. The van der Waals surface area contributed by atoms with Crippen LogP contribution >= 0.6 is 0 Å². The molecule has 0 heterocycles. The van der Waals surface area contributed by atoms with Gasteiger partial charge in [-0.3, -0.25) is 4.18 Å². The van der Waals surface area contributed by atoms with E-state index >= 15 is 0 Å². The molecular formula is C28H45F3O3S.